The molecule has 0 aliphatic rings. The van der Waals surface area contributed by atoms with E-state index in [9.17, 15) is 4.79 Å². The topological polar surface area (TPSA) is 46.5 Å². The monoisotopic (exact) mass is 242 g/mol. The molecule has 1 aromatic rings. The Morgan fingerprint density at radius 2 is 2.19 bits per heavy atom. The predicted molar refractivity (Wildman–Crippen MR) is 63.3 cm³/mol. The first-order valence-electron chi connectivity index (χ1n) is 5.09. The third-order valence-corrected chi connectivity index (χ3v) is 2.89. The molecule has 0 aliphatic heterocycles. The van der Waals surface area contributed by atoms with Crippen LogP contribution in [-0.4, -0.2) is 18.2 Å². The lowest BCUT2D eigenvalue weighted by molar-refractivity contribution is -0.137. The summed E-state index contributed by atoms with van der Waals surface area (Å²) in [6, 6.07) is 3.67. The fraction of sp³-hybridized carbons (Fsp3) is 0.417. The van der Waals surface area contributed by atoms with Gasteiger partial charge in [-0.05, 0) is 43.0 Å². The zero-order valence-corrected chi connectivity index (χ0v) is 10.2. The second-order valence-electron chi connectivity index (χ2n) is 3.64. The van der Waals surface area contributed by atoms with E-state index >= 15 is 0 Å². The van der Waals surface area contributed by atoms with Crippen molar-refractivity contribution >= 4 is 17.6 Å². The van der Waals surface area contributed by atoms with E-state index in [1.807, 2.05) is 13.0 Å². The van der Waals surface area contributed by atoms with Crippen LogP contribution < -0.4 is 4.74 Å². The van der Waals surface area contributed by atoms with Gasteiger partial charge in [-0.3, -0.25) is 4.79 Å². The number of halogens is 1. The Labute approximate surface area is 100.0 Å². The standard InChI is InChI=1S/C12H15ClO3/c1-8-9(4-3-5-12(14)15)6-10(16-2)7-11(8)13/h6-7H,3-5H2,1-2H3,(H,14,15). The molecule has 0 atom stereocenters. The van der Waals surface area contributed by atoms with Gasteiger partial charge in [0.2, 0.25) is 0 Å². The van der Waals surface area contributed by atoms with E-state index in [4.69, 9.17) is 21.4 Å². The van der Waals surface area contributed by atoms with Crippen LogP contribution >= 0.6 is 11.6 Å². The van der Waals surface area contributed by atoms with Gasteiger partial charge in [-0.15, -0.1) is 0 Å². The van der Waals surface area contributed by atoms with Crippen molar-refractivity contribution in [3.63, 3.8) is 0 Å². The lowest BCUT2D eigenvalue weighted by atomic mass is 10.0. The lowest BCUT2D eigenvalue weighted by Gasteiger charge is -2.09. The summed E-state index contributed by atoms with van der Waals surface area (Å²) >= 11 is 6.04. The first-order chi connectivity index (χ1) is 7.54. The third kappa shape index (κ3) is 3.42. The molecule has 0 amide bonds. The maximum atomic E-state index is 10.4. The summed E-state index contributed by atoms with van der Waals surface area (Å²) in [7, 11) is 1.59. The average Bonchev–Trinajstić information content (AvgIpc) is 2.23. The first kappa shape index (κ1) is 12.8. The molecule has 0 unspecified atom stereocenters. The molecule has 88 valence electrons. The van der Waals surface area contributed by atoms with E-state index < -0.39 is 5.97 Å². The summed E-state index contributed by atoms with van der Waals surface area (Å²) in [5.41, 5.74) is 2.04. The van der Waals surface area contributed by atoms with Crippen LogP contribution in [0.4, 0.5) is 0 Å². The van der Waals surface area contributed by atoms with Crippen molar-refractivity contribution in [3.8, 4) is 5.75 Å². The van der Waals surface area contributed by atoms with Gasteiger partial charge in [0.05, 0.1) is 7.11 Å². The van der Waals surface area contributed by atoms with Crippen LogP contribution in [0.15, 0.2) is 12.1 Å². The number of carbonyl (C=O) groups is 1. The molecule has 0 spiro atoms. The molecule has 0 radical (unpaired) electrons. The van der Waals surface area contributed by atoms with Crippen molar-refractivity contribution < 1.29 is 14.6 Å². The van der Waals surface area contributed by atoms with Gasteiger partial charge in [-0.2, -0.15) is 0 Å². The maximum absolute atomic E-state index is 10.4. The second-order valence-corrected chi connectivity index (χ2v) is 4.05. The van der Waals surface area contributed by atoms with Gasteiger partial charge in [0.15, 0.2) is 0 Å². The summed E-state index contributed by atoms with van der Waals surface area (Å²) in [6.45, 7) is 1.93. The number of ether oxygens (including phenoxy) is 1. The SMILES string of the molecule is COc1cc(Cl)c(C)c(CCCC(=O)O)c1. The smallest absolute Gasteiger partial charge is 0.303 e. The van der Waals surface area contributed by atoms with E-state index in [1.165, 1.54) is 0 Å². The summed E-state index contributed by atoms with van der Waals surface area (Å²) in [5.74, 6) is -0.0624. The summed E-state index contributed by atoms with van der Waals surface area (Å²) in [5, 5.41) is 9.22. The molecular weight excluding hydrogens is 228 g/mol. The number of aryl methyl sites for hydroxylation is 1. The van der Waals surface area contributed by atoms with Gasteiger partial charge in [0.1, 0.15) is 5.75 Å². The highest BCUT2D eigenvalue weighted by Crippen LogP contribution is 2.26. The number of hydrogen-bond acceptors (Lipinski definition) is 2. The van der Waals surface area contributed by atoms with Crippen LogP contribution in [0.25, 0.3) is 0 Å². The Morgan fingerprint density at radius 3 is 2.75 bits per heavy atom. The molecule has 0 saturated carbocycles. The first-order valence-corrected chi connectivity index (χ1v) is 5.47. The summed E-state index contributed by atoms with van der Waals surface area (Å²) in [4.78, 5) is 10.4. The average molecular weight is 243 g/mol. The third-order valence-electron chi connectivity index (χ3n) is 2.50. The van der Waals surface area contributed by atoms with Crippen LogP contribution in [0, 0.1) is 6.92 Å². The Balaban J connectivity index is 2.78. The van der Waals surface area contributed by atoms with Crippen LogP contribution in [0.5, 0.6) is 5.75 Å². The van der Waals surface area contributed by atoms with Gasteiger partial charge in [0, 0.05) is 11.4 Å². The Hall–Kier alpha value is -1.22. The summed E-state index contributed by atoms with van der Waals surface area (Å²) in [6.07, 6.45) is 1.49. The Morgan fingerprint density at radius 1 is 1.50 bits per heavy atom. The molecule has 1 N–H and O–H groups in total. The van der Waals surface area contributed by atoms with Gasteiger partial charge >= 0.3 is 5.97 Å². The van der Waals surface area contributed by atoms with Gasteiger partial charge in [-0.25, -0.2) is 0 Å². The number of carboxylic acids is 1. The van der Waals surface area contributed by atoms with Crippen molar-refractivity contribution in [1.29, 1.82) is 0 Å². The molecule has 0 aliphatic carbocycles. The predicted octanol–water partition coefficient (Wildman–Crippen LogP) is 3.06. The molecule has 3 nitrogen and oxygen atoms in total. The minimum absolute atomic E-state index is 0.175. The quantitative estimate of drug-likeness (QED) is 0.863. The highest BCUT2D eigenvalue weighted by Gasteiger charge is 2.07. The van der Waals surface area contributed by atoms with Crippen LogP contribution in [-0.2, 0) is 11.2 Å². The molecule has 0 fully saturated rings. The number of methoxy groups -OCH3 is 1. The maximum Gasteiger partial charge on any atom is 0.303 e. The molecule has 0 bridgehead atoms. The van der Waals surface area contributed by atoms with Gasteiger partial charge < -0.3 is 9.84 Å². The van der Waals surface area contributed by atoms with Crippen molar-refractivity contribution in [2.45, 2.75) is 26.2 Å². The molecule has 16 heavy (non-hydrogen) atoms. The molecule has 0 aromatic heterocycles. The zero-order chi connectivity index (χ0) is 12.1. The number of carboxylic acid groups (broad SMARTS) is 1. The minimum Gasteiger partial charge on any atom is -0.497 e. The van der Waals surface area contributed by atoms with E-state index in [2.05, 4.69) is 0 Å². The number of rotatable bonds is 5. The Kier molecular flexibility index (Phi) is 4.62. The number of aliphatic carboxylic acids is 1. The van der Waals surface area contributed by atoms with E-state index in [1.54, 1.807) is 13.2 Å². The molecule has 1 rings (SSSR count). The molecule has 0 saturated heterocycles. The fourth-order valence-electron chi connectivity index (χ4n) is 1.52. The van der Waals surface area contributed by atoms with Crippen LogP contribution in [0.3, 0.4) is 0 Å². The normalized spacial score (nSPS) is 10.2. The lowest BCUT2D eigenvalue weighted by Crippen LogP contribution is -1.98. The van der Waals surface area contributed by atoms with Gasteiger partial charge in [0.25, 0.3) is 0 Å². The largest absolute Gasteiger partial charge is 0.497 e. The van der Waals surface area contributed by atoms with E-state index in [-0.39, 0.29) is 6.42 Å². The fourth-order valence-corrected chi connectivity index (χ4v) is 1.74. The van der Waals surface area contributed by atoms with Crippen molar-refractivity contribution in [3.05, 3.63) is 28.3 Å². The van der Waals surface area contributed by atoms with Crippen molar-refractivity contribution in [2.24, 2.45) is 0 Å². The molecule has 1 aromatic carbocycles. The van der Waals surface area contributed by atoms with Crippen LogP contribution in [0.2, 0.25) is 5.02 Å². The second kappa shape index (κ2) is 5.75. The van der Waals surface area contributed by atoms with Crippen molar-refractivity contribution in [1.82, 2.24) is 0 Å². The molecule has 4 heteroatoms. The van der Waals surface area contributed by atoms with E-state index in [0.29, 0.717) is 23.6 Å². The van der Waals surface area contributed by atoms with E-state index in [0.717, 1.165) is 11.1 Å². The van der Waals surface area contributed by atoms with Crippen molar-refractivity contribution in [2.75, 3.05) is 7.11 Å². The zero-order valence-electron chi connectivity index (χ0n) is 9.42. The number of hydrogen-bond donors (Lipinski definition) is 1. The molecule has 0 heterocycles. The number of benzene rings is 1. The Bertz CT molecular complexity index is 388. The van der Waals surface area contributed by atoms with Crippen LogP contribution in [0.1, 0.15) is 24.0 Å². The summed E-state index contributed by atoms with van der Waals surface area (Å²) < 4.78 is 5.12. The highest BCUT2D eigenvalue weighted by atomic mass is 35.5. The van der Waals surface area contributed by atoms with Gasteiger partial charge in [-0.1, -0.05) is 11.6 Å². The minimum atomic E-state index is -0.772. The molecular formula is C12H15ClO3. The highest BCUT2D eigenvalue weighted by molar-refractivity contribution is 6.31.